The molecule has 3 rings (SSSR count). The summed E-state index contributed by atoms with van der Waals surface area (Å²) in [6, 6.07) is 7.57. The lowest BCUT2D eigenvalue weighted by Gasteiger charge is -2.41. The van der Waals surface area contributed by atoms with Crippen LogP contribution in [0.3, 0.4) is 0 Å². The summed E-state index contributed by atoms with van der Waals surface area (Å²) >= 11 is 6.06. The average molecular weight is 349 g/mol. The molecule has 128 valence electrons. The van der Waals surface area contributed by atoms with E-state index in [0.29, 0.717) is 31.0 Å². The normalized spacial score (nSPS) is 21.2. The molecule has 1 aliphatic rings. The van der Waals surface area contributed by atoms with E-state index in [1.165, 1.54) is 0 Å². The molecule has 1 aromatic heterocycles. The molecule has 24 heavy (non-hydrogen) atoms. The summed E-state index contributed by atoms with van der Waals surface area (Å²) in [6.07, 6.45) is 3.79. The number of carboxylic acids is 1. The molecule has 5 nitrogen and oxygen atoms in total. The van der Waals surface area contributed by atoms with E-state index >= 15 is 0 Å². The van der Waals surface area contributed by atoms with Gasteiger partial charge in [-0.05, 0) is 43.5 Å². The number of carbonyl (C=O) groups is 1. The van der Waals surface area contributed by atoms with Crippen molar-refractivity contribution in [1.29, 1.82) is 0 Å². The summed E-state index contributed by atoms with van der Waals surface area (Å²) < 4.78 is 5.14. The topological polar surface area (TPSA) is 62.7 Å². The SMILES string of the molecule is COCCC1(C(=O)O)CCCN(c2ccnc3cc(Cl)ccc23)C1. The zero-order valence-electron chi connectivity index (χ0n) is 13.7. The van der Waals surface area contributed by atoms with Crippen LogP contribution in [0.5, 0.6) is 0 Å². The number of carboxylic acid groups (broad SMARTS) is 1. The van der Waals surface area contributed by atoms with Crippen molar-refractivity contribution >= 4 is 34.2 Å². The number of benzene rings is 1. The molecule has 0 aliphatic carbocycles. The highest BCUT2D eigenvalue weighted by Gasteiger charge is 2.42. The smallest absolute Gasteiger partial charge is 0.311 e. The van der Waals surface area contributed by atoms with Crippen LogP contribution in [-0.4, -0.2) is 42.9 Å². The van der Waals surface area contributed by atoms with Crippen molar-refractivity contribution in [2.75, 3.05) is 31.7 Å². The Kier molecular flexibility index (Phi) is 4.92. The minimum atomic E-state index is -0.768. The molecule has 1 aromatic carbocycles. The van der Waals surface area contributed by atoms with Gasteiger partial charge >= 0.3 is 5.97 Å². The summed E-state index contributed by atoms with van der Waals surface area (Å²) in [5, 5.41) is 11.5. The average Bonchev–Trinajstić information content (AvgIpc) is 2.59. The minimum absolute atomic E-state index is 0.451. The second kappa shape index (κ2) is 6.95. The number of hydrogen-bond acceptors (Lipinski definition) is 4. The number of hydrogen-bond donors (Lipinski definition) is 1. The maximum atomic E-state index is 12.0. The Labute approximate surface area is 146 Å². The Bertz CT molecular complexity index is 752. The number of nitrogens with zero attached hydrogens (tertiary/aromatic N) is 2. The monoisotopic (exact) mass is 348 g/mol. The number of aliphatic carboxylic acids is 1. The summed E-state index contributed by atoms with van der Waals surface area (Å²) in [5.41, 5.74) is 1.07. The summed E-state index contributed by atoms with van der Waals surface area (Å²) in [7, 11) is 1.61. The van der Waals surface area contributed by atoms with Crippen molar-refractivity contribution in [2.24, 2.45) is 5.41 Å². The van der Waals surface area contributed by atoms with Gasteiger partial charge < -0.3 is 14.7 Å². The van der Waals surface area contributed by atoms with Gasteiger partial charge in [0.05, 0.1) is 10.9 Å². The summed E-state index contributed by atoms with van der Waals surface area (Å²) in [6.45, 7) is 1.77. The first kappa shape index (κ1) is 17.0. The molecule has 1 saturated heterocycles. The fraction of sp³-hybridized carbons (Fsp3) is 0.444. The number of halogens is 1. The Morgan fingerprint density at radius 2 is 2.29 bits per heavy atom. The van der Waals surface area contributed by atoms with Crippen LogP contribution in [0.15, 0.2) is 30.5 Å². The van der Waals surface area contributed by atoms with Crippen LogP contribution in [0.1, 0.15) is 19.3 Å². The molecule has 0 saturated carbocycles. The third kappa shape index (κ3) is 3.19. The number of rotatable bonds is 5. The van der Waals surface area contributed by atoms with E-state index in [-0.39, 0.29) is 0 Å². The first-order valence-corrected chi connectivity index (χ1v) is 8.45. The second-order valence-corrected chi connectivity index (χ2v) is 6.78. The van der Waals surface area contributed by atoms with E-state index in [9.17, 15) is 9.90 Å². The van der Waals surface area contributed by atoms with E-state index < -0.39 is 11.4 Å². The molecule has 1 fully saturated rings. The van der Waals surface area contributed by atoms with Crippen LogP contribution in [-0.2, 0) is 9.53 Å². The first-order valence-electron chi connectivity index (χ1n) is 8.07. The summed E-state index contributed by atoms with van der Waals surface area (Å²) in [4.78, 5) is 18.5. The second-order valence-electron chi connectivity index (χ2n) is 6.34. The number of ether oxygens (including phenoxy) is 1. The number of fused-ring (bicyclic) bond motifs is 1. The van der Waals surface area contributed by atoms with Crippen LogP contribution in [0, 0.1) is 5.41 Å². The molecule has 6 heteroatoms. The highest BCUT2D eigenvalue weighted by molar-refractivity contribution is 6.31. The molecular weight excluding hydrogens is 328 g/mol. The van der Waals surface area contributed by atoms with Gasteiger partial charge in [0, 0.05) is 49.1 Å². The fourth-order valence-electron chi connectivity index (χ4n) is 3.50. The zero-order chi connectivity index (χ0) is 17.2. The Morgan fingerprint density at radius 1 is 1.46 bits per heavy atom. The van der Waals surface area contributed by atoms with Crippen molar-refractivity contribution < 1.29 is 14.6 Å². The van der Waals surface area contributed by atoms with Gasteiger partial charge in [0.25, 0.3) is 0 Å². The van der Waals surface area contributed by atoms with E-state index in [0.717, 1.165) is 29.6 Å². The van der Waals surface area contributed by atoms with Crippen LogP contribution in [0.25, 0.3) is 10.9 Å². The van der Waals surface area contributed by atoms with Gasteiger partial charge in [-0.3, -0.25) is 9.78 Å². The van der Waals surface area contributed by atoms with Crippen molar-refractivity contribution in [3.05, 3.63) is 35.5 Å². The van der Waals surface area contributed by atoms with Crippen molar-refractivity contribution in [3.63, 3.8) is 0 Å². The number of pyridine rings is 1. The van der Waals surface area contributed by atoms with Gasteiger partial charge in [-0.2, -0.15) is 0 Å². The van der Waals surface area contributed by atoms with Gasteiger partial charge in [-0.15, -0.1) is 0 Å². The minimum Gasteiger partial charge on any atom is -0.481 e. The van der Waals surface area contributed by atoms with Gasteiger partial charge in [-0.25, -0.2) is 0 Å². The van der Waals surface area contributed by atoms with Gasteiger partial charge in [0.2, 0.25) is 0 Å². The maximum absolute atomic E-state index is 12.0. The lowest BCUT2D eigenvalue weighted by Crippen LogP contribution is -2.48. The largest absolute Gasteiger partial charge is 0.481 e. The highest BCUT2D eigenvalue weighted by Crippen LogP contribution is 2.38. The number of piperidine rings is 1. The Hall–Kier alpha value is -1.85. The molecule has 2 aromatic rings. The lowest BCUT2D eigenvalue weighted by molar-refractivity contribution is -0.150. The van der Waals surface area contributed by atoms with E-state index in [1.807, 2.05) is 24.3 Å². The predicted molar refractivity (Wildman–Crippen MR) is 94.8 cm³/mol. The highest BCUT2D eigenvalue weighted by atomic mass is 35.5. The molecule has 0 spiro atoms. The van der Waals surface area contributed by atoms with Crippen molar-refractivity contribution in [3.8, 4) is 0 Å². The molecule has 1 atom stereocenters. The number of methoxy groups -OCH3 is 1. The van der Waals surface area contributed by atoms with E-state index in [4.69, 9.17) is 16.3 Å². The molecule has 1 aliphatic heterocycles. The van der Waals surface area contributed by atoms with Crippen LogP contribution >= 0.6 is 11.6 Å². The first-order chi connectivity index (χ1) is 11.6. The van der Waals surface area contributed by atoms with Crippen LogP contribution in [0.2, 0.25) is 5.02 Å². The molecule has 0 amide bonds. The number of aromatic nitrogens is 1. The molecule has 0 bridgehead atoms. The van der Waals surface area contributed by atoms with Crippen LogP contribution in [0.4, 0.5) is 5.69 Å². The number of anilines is 1. The van der Waals surface area contributed by atoms with Crippen molar-refractivity contribution in [2.45, 2.75) is 19.3 Å². The molecule has 1 unspecified atom stereocenters. The predicted octanol–water partition coefficient (Wildman–Crippen LogP) is 3.60. The van der Waals surface area contributed by atoms with Gasteiger partial charge in [0.15, 0.2) is 0 Å². The molecule has 0 radical (unpaired) electrons. The standard InChI is InChI=1S/C18H21ClN2O3/c1-24-10-7-18(17(22)23)6-2-9-21(12-18)16-5-8-20-15-11-13(19)3-4-14(15)16/h3-5,8,11H,2,6-7,9-10,12H2,1H3,(H,22,23). The fourth-order valence-corrected chi connectivity index (χ4v) is 3.67. The zero-order valence-corrected chi connectivity index (χ0v) is 14.4. The lowest BCUT2D eigenvalue weighted by atomic mass is 9.77. The quantitative estimate of drug-likeness (QED) is 0.894. The third-order valence-electron chi connectivity index (χ3n) is 4.84. The van der Waals surface area contributed by atoms with Crippen molar-refractivity contribution in [1.82, 2.24) is 4.98 Å². The van der Waals surface area contributed by atoms with Gasteiger partial charge in [-0.1, -0.05) is 11.6 Å². The molecule has 2 heterocycles. The van der Waals surface area contributed by atoms with E-state index in [1.54, 1.807) is 13.3 Å². The van der Waals surface area contributed by atoms with Crippen LogP contribution < -0.4 is 4.90 Å². The Morgan fingerprint density at radius 3 is 3.04 bits per heavy atom. The molecule has 1 N–H and O–H groups in total. The Balaban J connectivity index is 1.96. The third-order valence-corrected chi connectivity index (χ3v) is 5.07. The molecular formula is C18H21ClN2O3. The maximum Gasteiger partial charge on any atom is 0.311 e. The van der Waals surface area contributed by atoms with E-state index in [2.05, 4.69) is 9.88 Å². The summed E-state index contributed by atoms with van der Waals surface area (Å²) in [5.74, 6) is -0.745. The van der Waals surface area contributed by atoms with Gasteiger partial charge in [0.1, 0.15) is 0 Å².